The summed E-state index contributed by atoms with van der Waals surface area (Å²) >= 11 is 0. The predicted octanol–water partition coefficient (Wildman–Crippen LogP) is 2.93. The average Bonchev–Trinajstić information content (AvgIpc) is 3.30. The van der Waals surface area contributed by atoms with E-state index < -0.39 is 0 Å². The van der Waals surface area contributed by atoms with Crippen LogP contribution in [0.4, 0.5) is 0 Å². The third-order valence-corrected chi connectivity index (χ3v) is 4.79. The van der Waals surface area contributed by atoms with Crippen molar-refractivity contribution in [2.45, 2.75) is 64.6 Å². The smallest absolute Gasteiger partial charge is 0.244 e. The van der Waals surface area contributed by atoms with Crippen LogP contribution in [0.5, 0.6) is 0 Å². The Morgan fingerprint density at radius 2 is 2.08 bits per heavy atom. The van der Waals surface area contributed by atoms with Crippen molar-refractivity contribution >= 4 is 0 Å². The van der Waals surface area contributed by atoms with E-state index in [1.54, 1.807) is 0 Å². The molecule has 0 radical (unpaired) electrons. The van der Waals surface area contributed by atoms with Crippen LogP contribution in [0.25, 0.3) is 0 Å². The van der Waals surface area contributed by atoms with E-state index in [-0.39, 0.29) is 12.0 Å². The number of ether oxygens (including phenoxy) is 1. The Morgan fingerprint density at radius 3 is 2.72 bits per heavy atom. The van der Waals surface area contributed by atoms with Gasteiger partial charge in [-0.1, -0.05) is 19.0 Å². The zero-order chi connectivity index (χ0) is 17.6. The maximum Gasteiger partial charge on any atom is 0.244 e. The van der Waals surface area contributed by atoms with Crippen LogP contribution < -0.4 is 5.32 Å². The van der Waals surface area contributed by atoms with Crippen LogP contribution in [0.1, 0.15) is 63.7 Å². The first kappa shape index (κ1) is 18.1. The molecule has 3 heterocycles. The molecule has 1 N–H and O–H groups in total. The lowest BCUT2D eigenvalue weighted by Gasteiger charge is -2.31. The lowest BCUT2D eigenvalue weighted by molar-refractivity contribution is 0.0468. The van der Waals surface area contributed by atoms with E-state index in [0.717, 1.165) is 44.8 Å². The second-order valence-corrected chi connectivity index (χ2v) is 7.20. The van der Waals surface area contributed by atoms with Gasteiger partial charge in [0, 0.05) is 44.1 Å². The topological polar surface area (TPSA) is 78.0 Å². The molecule has 3 rings (SSSR count). The molecule has 0 spiro atoms. The summed E-state index contributed by atoms with van der Waals surface area (Å²) < 4.78 is 13.1. The Morgan fingerprint density at radius 1 is 1.28 bits per heavy atom. The van der Waals surface area contributed by atoms with Gasteiger partial charge < -0.3 is 14.6 Å². The highest BCUT2D eigenvalue weighted by molar-refractivity contribution is 4.99. The van der Waals surface area contributed by atoms with E-state index in [1.165, 1.54) is 0 Å². The van der Waals surface area contributed by atoms with E-state index in [9.17, 15) is 0 Å². The first-order valence-electron chi connectivity index (χ1n) is 9.28. The minimum Gasteiger partial charge on any atom is -0.381 e. The molecule has 2 aromatic rings. The van der Waals surface area contributed by atoms with Crippen molar-refractivity contribution in [1.82, 2.24) is 25.2 Å². The summed E-state index contributed by atoms with van der Waals surface area (Å²) in [5.41, 5.74) is 0. The summed E-state index contributed by atoms with van der Waals surface area (Å²) in [6, 6.07) is 2.36. The van der Waals surface area contributed by atoms with Gasteiger partial charge in [-0.25, -0.2) is 0 Å². The molecule has 1 aliphatic heterocycles. The Kier molecular flexibility index (Phi) is 6.20. The van der Waals surface area contributed by atoms with Gasteiger partial charge in [0.25, 0.3) is 0 Å². The van der Waals surface area contributed by atoms with Gasteiger partial charge in [0.1, 0.15) is 0 Å². The number of hydrogen-bond donors (Lipinski definition) is 1. The van der Waals surface area contributed by atoms with Gasteiger partial charge >= 0.3 is 0 Å². The maximum atomic E-state index is 5.61. The number of nitrogens with zero attached hydrogens (tertiary/aromatic N) is 4. The molecule has 7 heteroatoms. The lowest BCUT2D eigenvalue weighted by atomic mass is 9.91. The number of hydrogen-bond acceptors (Lipinski definition) is 6. The largest absolute Gasteiger partial charge is 0.381 e. The minimum atomic E-state index is 0.0801. The predicted molar refractivity (Wildman–Crippen MR) is 94.1 cm³/mol. The highest BCUT2D eigenvalue weighted by atomic mass is 16.5. The molecular weight excluding hydrogens is 318 g/mol. The van der Waals surface area contributed by atoms with Gasteiger partial charge in [-0.05, 0) is 38.2 Å². The molecule has 1 fully saturated rings. The third kappa shape index (κ3) is 4.89. The fourth-order valence-electron chi connectivity index (χ4n) is 3.21. The fourth-order valence-corrected chi connectivity index (χ4v) is 3.21. The van der Waals surface area contributed by atoms with Crippen LogP contribution in [-0.2, 0) is 11.3 Å². The molecule has 0 aliphatic carbocycles. The molecule has 138 valence electrons. The average molecular weight is 347 g/mol. The Bertz CT molecular complexity index is 619. The van der Waals surface area contributed by atoms with Gasteiger partial charge in [0.2, 0.25) is 5.89 Å². The van der Waals surface area contributed by atoms with Crippen LogP contribution in [0.2, 0.25) is 0 Å². The second-order valence-electron chi connectivity index (χ2n) is 7.20. The van der Waals surface area contributed by atoms with Gasteiger partial charge in [-0.3, -0.25) is 4.68 Å². The van der Waals surface area contributed by atoms with Crippen LogP contribution in [0.3, 0.4) is 0 Å². The zero-order valence-corrected chi connectivity index (χ0v) is 15.4. The summed E-state index contributed by atoms with van der Waals surface area (Å²) in [6.45, 7) is 8.86. The third-order valence-electron chi connectivity index (χ3n) is 4.79. The van der Waals surface area contributed by atoms with Gasteiger partial charge in [-0.15, -0.1) is 0 Å². The van der Waals surface area contributed by atoms with Gasteiger partial charge in [0.15, 0.2) is 5.82 Å². The first-order chi connectivity index (χ1) is 12.1. The van der Waals surface area contributed by atoms with Crippen molar-refractivity contribution in [3.63, 3.8) is 0 Å². The molecule has 0 amide bonds. The number of aryl methyl sites for hydroxylation is 1. The Hall–Kier alpha value is -1.73. The highest BCUT2D eigenvalue weighted by Gasteiger charge is 2.31. The molecule has 0 saturated carbocycles. The molecule has 0 bridgehead atoms. The quantitative estimate of drug-likeness (QED) is 0.791. The van der Waals surface area contributed by atoms with Crippen molar-refractivity contribution < 1.29 is 9.26 Å². The van der Waals surface area contributed by atoms with Gasteiger partial charge in [-0.2, -0.15) is 10.1 Å². The minimum absolute atomic E-state index is 0.0801. The summed E-state index contributed by atoms with van der Waals surface area (Å²) in [5.74, 6) is 2.21. The summed E-state index contributed by atoms with van der Waals surface area (Å²) in [6.07, 6.45) is 6.84. The molecule has 0 unspecified atom stereocenters. The summed E-state index contributed by atoms with van der Waals surface area (Å²) in [7, 11) is 0. The van der Waals surface area contributed by atoms with Crippen LogP contribution in [0, 0.1) is 5.92 Å². The SMILES string of the molecule is CC(C)c1noc([C@@H](N[C@@H](C)CCn2cccn2)C2CCOCC2)n1. The van der Waals surface area contributed by atoms with Crippen molar-refractivity contribution in [3.05, 3.63) is 30.2 Å². The first-order valence-corrected chi connectivity index (χ1v) is 9.28. The number of rotatable bonds is 8. The molecular formula is C18H29N5O2. The standard InChI is InChI=1S/C18H29N5O2/c1-13(2)17-21-18(25-22-17)16(15-6-11-24-12-7-15)20-14(3)5-10-23-9-4-8-19-23/h4,8-9,13-16,20H,5-7,10-12H2,1-3H3/t14-,16-/m0/s1. The van der Waals surface area contributed by atoms with E-state index in [4.69, 9.17) is 9.26 Å². The van der Waals surface area contributed by atoms with Crippen molar-refractivity contribution in [2.75, 3.05) is 13.2 Å². The normalized spacial score (nSPS) is 18.6. The Labute approximate surface area is 149 Å². The van der Waals surface area contributed by atoms with Crippen molar-refractivity contribution in [2.24, 2.45) is 5.92 Å². The molecule has 25 heavy (non-hydrogen) atoms. The monoisotopic (exact) mass is 347 g/mol. The number of nitrogens with one attached hydrogen (secondary N) is 1. The Balaban J connectivity index is 1.66. The molecule has 7 nitrogen and oxygen atoms in total. The van der Waals surface area contributed by atoms with E-state index >= 15 is 0 Å². The van der Waals surface area contributed by atoms with Crippen LogP contribution >= 0.6 is 0 Å². The summed E-state index contributed by atoms with van der Waals surface area (Å²) in [5, 5.41) is 12.1. The van der Waals surface area contributed by atoms with Crippen molar-refractivity contribution in [3.8, 4) is 0 Å². The van der Waals surface area contributed by atoms with Gasteiger partial charge in [0.05, 0.1) is 6.04 Å². The van der Waals surface area contributed by atoms with E-state index in [2.05, 4.69) is 41.3 Å². The number of aromatic nitrogens is 4. The molecule has 1 aliphatic rings. The maximum absolute atomic E-state index is 5.61. The molecule has 2 aromatic heterocycles. The van der Waals surface area contributed by atoms with Crippen molar-refractivity contribution in [1.29, 1.82) is 0 Å². The second kappa shape index (κ2) is 8.58. The molecule has 2 atom stereocenters. The van der Waals surface area contributed by atoms with E-state index in [1.807, 2.05) is 23.1 Å². The summed E-state index contributed by atoms with van der Waals surface area (Å²) in [4.78, 5) is 4.65. The fraction of sp³-hybridized carbons (Fsp3) is 0.722. The lowest BCUT2D eigenvalue weighted by Crippen LogP contribution is -2.38. The van der Waals surface area contributed by atoms with Crippen LogP contribution in [0.15, 0.2) is 23.0 Å². The molecule has 0 aromatic carbocycles. The highest BCUT2D eigenvalue weighted by Crippen LogP contribution is 2.30. The zero-order valence-electron chi connectivity index (χ0n) is 15.4. The molecule has 1 saturated heterocycles. The van der Waals surface area contributed by atoms with Crippen LogP contribution in [-0.4, -0.2) is 39.2 Å². The van der Waals surface area contributed by atoms with E-state index in [0.29, 0.717) is 17.9 Å².